The predicted octanol–water partition coefficient (Wildman–Crippen LogP) is 2.14. The summed E-state index contributed by atoms with van der Waals surface area (Å²) in [5.74, 6) is -0.119. The van der Waals surface area contributed by atoms with Crippen molar-refractivity contribution < 1.29 is 14.7 Å². The highest BCUT2D eigenvalue weighted by atomic mass is 32.1. The molecule has 1 aromatic rings. The Bertz CT molecular complexity index is 472. The van der Waals surface area contributed by atoms with Gasteiger partial charge in [-0.25, -0.2) is 4.79 Å². The topological polar surface area (TPSA) is 66.4 Å². The van der Waals surface area contributed by atoms with Crippen molar-refractivity contribution in [3.63, 3.8) is 0 Å². The van der Waals surface area contributed by atoms with Crippen LogP contribution < -0.4 is 5.32 Å². The number of hydrogen-bond donors (Lipinski definition) is 2. The van der Waals surface area contributed by atoms with Gasteiger partial charge in [0.15, 0.2) is 0 Å². The lowest BCUT2D eigenvalue weighted by Gasteiger charge is -2.02. The standard InChI is InChI=1S/C12H15NO3S/c1-5-6(2)10(5)13-11(14)8-4-9(12(15)16)17-7(8)3/h4-6,10H,1-3H3,(H,13,14)(H,15,16)/t5-,6+,10?. The zero-order chi connectivity index (χ0) is 12.7. The Kier molecular flexibility index (Phi) is 2.95. The molecule has 0 spiro atoms. The Balaban J connectivity index is 2.11. The first-order valence-electron chi connectivity index (χ1n) is 5.56. The van der Waals surface area contributed by atoms with Crippen molar-refractivity contribution in [1.29, 1.82) is 0 Å². The lowest BCUT2D eigenvalue weighted by molar-refractivity contribution is 0.0702. The lowest BCUT2D eigenvalue weighted by atomic mass is 10.2. The van der Waals surface area contributed by atoms with E-state index in [9.17, 15) is 9.59 Å². The average molecular weight is 253 g/mol. The molecule has 1 fully saturated rings. The first kappa shape index (κ1) is 12.1. The van der Waals surface area contributed by atoms with Gasteiger partial charge in [-0.3, -0.25) is 4.79 Å². The number of carboxylic acids is 1. The van der Waals surface area contributed by atoms with Gasteiger partial charge < -0.3 is 10.4 Å². The summed E-state index contributed by atoms with van der Waals surface area (Å²) in [5.41, 5.74) is 0.485. The van der Waals surface area contributed by atoms with Crippen LogP contribution in [0.1, 0.15) is 38.8 Å². The van der Waals surface area contributed by atoms with Gasteiger partial charge in [-0.15, -0.1) is 11.3 Å². The van der Waals surface area contributed by atoms with Gasteiger partial charge in [0.1, 0.15) is 4.88 Å². The third-order valence-electron chi connectivity index (χ3n) is 3.49. The average Bonchev–Trinajstić information content (AvgIpc) is 2.67. The number of thiophene rings is 1. The van der Waals surface area contributed by atoms with Crippen LogP contribution in [0.5, 0.6) is 0 Å². The van der Waals surface area contributed by atoms with E-state index < -0.39 is 5.97 Å². The number of carbonyl (C=O) groups is 2. The van der Waals surface area contributed by atoms with Crippen LogP contribution in [0.3, 0.4) is 0 Å². The van der Waals surface area contributed by atoms with Crippen LogP contribution in [0.2, 0.25) is 0 Å². The molecule has 3 atom stereocenters. The van der Waals surface area contributed by atoms with Crippen LogP contribution in [0.15, 0.2) is 6.07 Å². The van der Waals surface area contributed by atoms with E-state index >= 15 is 0 Å². The fraction of sp³-hybridized carbons (Fsp3) is 0.500. The highest BCUT2D eigenvalue weighted by molar-refractivity contribution is 7.14. The van der Waals surface area contributed by atoms with Crippen molar-refractivity contribution in [3.05, 3.63) is 21.4 Å². The molecule has 92 valence electrons. The van der Waals surface area contributed by atoms with Crippen LogP contribution >= 0.6 is 11.3 Å². The molecule has 0 saturated heterocycles. The van der Waals surface area contributed by atoms with E-state index in [1.54, 1.807) is 6.92 Å². The van der Waals surface area contributed by atoms with Crippen LogP contribution in [0.25, 0.3) is 0 Å². The van der Waals surface area contributed by atoms with Gasteiger partial charge in [0.2, 0.25) is 0 Å². The number of hydrogen-bond acceptors (Lipinski definition) is 3. The number of carboxylic acid groups (broad SMARTS) is 1. The molecular weight excluding hydrogens is 238 g/mol. The molecule has 1 aliphatic carbocycles. The normalized spacial score (nSPS) is 26.6. The lowest BCUT2D eigenvalue weighted by Crippen LogP contribution is -2.27. The zero-order valence-corrected chi connectivity index (χ0v) is 10.8. The van der Waals surface area contributed by atoms with E-state index in [0.29, 0.717) is 17.4 Å². The molecule has 0 radical (unpaired) electrons. The van der Waals surface area contributed by atoms with Crippen molar-refractivity contribution in [1.82, 2.24) is 5.32 Å². The Labute approximate surface area is 104 Å². The second-order valence-corrected chi connectivity index (χ2v) is 5.86. The van der Waals surface area contributed by atoms with Crippen LogP contribution in [0.4, 0.5) is 0 Å². The van der Waals surface area contributed by atoms with E-state index in [4.69, 9.17) is 5.11 Å². The fourth-order valence-electron chi connectivity index (χ4n) is 1.97. The van der Waals surface area contributed by atoms with E-state index in [1.807, 2.05) is 0 Å². The van der Waals surface area contributed by atoms with Gasteiger partial charge in [0, 0.05) is 10.9 Å². The van der Waals surface area contributed by atoms with Gasteiger partial charge in [-0.2, -0.15) is 0 Å². The summed E-state index contributed by atoms with van der Waals surface area (Å²) >= 11 is 1.14. The summed E-state index contributed by atoms with van der Waals surface area (Å²) in [6.07, 6.45) is 0. The van der Waals surface area contributed by atoms with Gasteiger partial charge in [-0.05, 0) is 24.8 Å². The molecule has 2 N–H and O–H groups in total. The maximum absolute atomic E-state index is 11.9. The molecule has 1 unspecified atom stereocenters. The molecule has 0 aromatic carbocycles. The molecule has 17 heavy (non-hydrogen) atoms. The van der Waals surface area contributed by atoms with Gasteiger partial charge >= 0.3 is 5.97 Å². The zero-order valence-electron chi connectivity index (χ0n) is 9.98. The summed E-state index contributed by atoms with van der Waals surface area (Å²) < 4.78 is 0. The van der Waals surface area contributed by atoms with Crippen LogP contribution in [-0.2, 0) is 0 Å². The minimum atomic E-state index is -0.981. The molecule has 1 amide bonds. The molecular formula is C12H15NO3S. The fourth-order valence-corrected chi connectivity index (χ4v) is 2.82. The number of rotatable bonds is 3. The largest absolute Gasteiger partial charge is 0.477 e. The van der Waals surface area contributed by atoms with Gasteiger partial charge in [0.25, 0.3) is 5.91 Å². The third kappa shape index (κ3) is 2.20. The van der Waals surface area contributed by atoms with Crippen LogP contribution in [0, 0.1) is 18.8 Å². The van der Waals surface area contributed by atoms with Crippen molar-refractivity contribution in [2.45, 2.75) is 26.8 Å². The Hall–Kier alpha value is -1.36. The number of aromatic carboxylic acids is 1. The Morgan fingerprint density at radius 2 is 1.94 bits per heavy atom. The second-order valence-electron chi connectivity index (χ2n) is 4.60. The van der Waals surface area contributed by atoms with Gasteiger partial charge in [-0.1, -0.05) is 13.8 Å². The first-order chi connectivity index (χ1) is 7.91. The van der Waals surface area contributed by atoms with E-state index in [0.717, 1.165) is 16.2 Å². The summed E-state index contributed by atoms with van der Waals surface area (Å²) in [6, 6.07) is 1.69. The van der Waals surface area contributed by atoms with E-state index in [-0.39, 0.29) is 16.8 Å². The van der Waals surface area contributed by atoms with E-state index in [2.05, 4.69) is 19.2 Å². The smallest absolute Gasteiger partial charge is 0.345 e. The second kappa shape index (κ2) is 4.14. The molecule has 1 heterocycles. The molecule has 0 bridgehead atoms. The summed E-state index contributed by atoms with van der Waals surface area (Å²) in [6.45, 7) is 5.96. The maximum Gasteiger partial charge on any atom is 0.345 e. The van der Waals surface area contributed by atoms with Crippen LogP contribution in [-0.4, -0.2) is 23.0 Å². The number of nitrogens with one attached hydrogen (secondary N) is 1. The molecule has 0 aliphatic heterocycles. The number of amides is 1. The highest BCUT2D eigenvalue weighted by Gasteiger charge is 2.44. The molecule has 4 nitrogen and oxygen atoms in total. The summed E-state index contributed by atoms with van der Waals surface area (Å²) in [7, 11) is 0. The Morgan fingerprint density at radius 3 is 2.35 bits per heavy atom. The highest BCUT2D eigenvalue weighted by Crippen LogP contribution is 2.38. The molecule has 1 aliphatic rings. The third-order valence-corrected chi connectivity index (χ3v) is 4.53. The monoisotopic (exact) mass is 253 g/mol. The number of aryl methyl sites for hydroxylation is 1. The van der Waals surface area contributed by atoms with Crippen molar-refractivity contribution in [3.8, 4) is 0 Å². The van der Waals surface area contributed by atoms with E-state index in [1.165, 1.54) is 6.07 Å². The predicted molar refractivity (Wildman–Crippen MR) is 65.6 cm³/mol. The minimum absolute atomic E-state index is 0.160. The quantitative estimate of drug-likeness (QED) is 0.867. The molecule has 1 aromatic heterocycles. The molecule has 1 saturated carbocycles. The Morgan fingerprint density at radius 1 is 1.35 bits per heavy atom. The van der Waals surface area contributed by atoms with Crippen molar-refractivity contribution >= 4 is 23.2 Å². The maximum atomic E-state index is 11.9. The summed E-state index contributed by atoms with van der Waals surface area (Å²) in [4.78, 5) is 23.7. The first-order valence-corrected chi connectivity index (χ1v) is 6.38. The molecule has 2 rings (SSSR count). The molecule has 5 heteroatoms. The summed E-state index contributed by atoms with van der Waals surface area (Å²) in [5, 5.41) is 11.8. The van der Waals surface area contributed by atoms with Crippen molar-refractivity contribution in [2.75, 3.05) is 0 Å². The number of carbonyl (C=O) groups excluding carboxylic acids is 1. The van der Waals surface area contributed by atoms with Crippen molar-refractivity contribution in [2.24, 2.45) is 11.8 Å². The van der Waals surface area contributed by atoms with Gasteiger partial charge in [0.05, 0.1) is 5.56 Å². The SMILES string of the molecule is Cc1sc(C(=O)O)cc1C(=O)NC1[C@@H](C)[C@H]1C. The minimum Gasteiger partial charge on any atom is -0.477 e.